The maximum Gasteiger partial charge on any atom is 0.0920 e. The highest BCUT2D eigenvalue weighted by atomic mass is 16.5. The van der Waals surface area contributed by atoms with Crippen LogP contribution in [0.2, 0.25) is 0 Å². The van der Waals surface area contributed by atoms with Gasteiger partial charge in [-0.3, -0.25) is 0 Å². The van der Waals surface area contributed by atoms with Crippen molar-refractivity contribution < 1.29 is 4.74 Å². The van der Waals surface area contributed by atoms with Crippen LogP contribution in [0.25, 0.3) is 0 Å². The first-order chi connectivity index (χ1) is 12.8. The third-order valence-electron chi connectivity index (χ3n) is 7.35. The van der Waals surface area contributed by atoms with E-state index in [0.717, 1.165) is 42.6 Å². The van der Waals surface area contributed by atoms with Gasteiger partial charge in [-0.2, -0.15) is 0 Å². The molecule has 1 heterocycles. The molecule has 0 saturated heterocycles. The summed E-state index contributed by atoms with van der Waals surface area (Å²) in [6.45, 7) is 5.56. The molecule has 3 rings (SSSR count). The summed E-state index contributed by atoms with van der Waals surface area (Å²) < 4.78 is 6.01. The van der Waals surface area contributed by atoms with E-state index in [1.54, 1.807) is 0 Å². The number of rotatable bonds is 7. The Morgan fingerprint density at radius 3 is 2.04 bits per heavy atom. The number of hydrogen-bond donors (Lipinski definition) is 0. The first-order valence-electron chi connectivity index (χ1n) is 11.8. The van der Waals surface area contributed by atoms with Crippen molar-refractivity contribution in [3.05, 3.63) is 24.0 Å². The third-order valence-corrected chi connectivity index (χ3v) is 7.35. The molecule has 1 atom stereocenters. The molecule has 0 amide bonds. The minimum atomic E-state index is 0.786. The molecule has 1 nitrogen and oxygen atoms in total. The van der Waals surface area contributed by atoms with E-state index < -0.39 is 0 Å². The van der Waals surface area contributed by atoms with Gasteiger partial charge in [0.2, 0.25) is 0 Å². The van der Waals surface area contributed by atoms with Gasteiger partial charge in [-0.1, -0.05) is 38.8 Å². The van der Waals surface area contributed by atoms with Crippen LogP contribution in [0.3, 0.4) is 0 Å². The fourth-order valence-electron chi connectivity index (χ4n) is 5.57. The molecule has 0 aromatic rings. The maximum atomic E-state index is 6.01. The quantitative estimate of drug-likeness (QED) is 0.424. The summed E-state index contributed by atoms with van der Waals surface area (Å²) in [6, 6.07) is 0. The molecule has 1 unspecified atom stereocenters. The minimum Gasteiger partial charge on any atom is -0.498 e. The van der Waals surface area contributed by atoms with Crippen molar-refractivity contribution in [1.82, 2.24) is 0 Å². The van der Waals surface area contributed by atoms with Gasteiger partial charge in [0.05, 0.1) is 12.4 Å². The second kappa shape index (κ2) is 10.6. The largest absolute Gasteiger partial charge is 0.498 e. The Morgan fingerprint density at radius 2 is 1.50 bits per heavy atom. The van der Waals surface area contributed by atoms with Gasteiger partial charge in [-0.25, -0.2) is 0 Å². The number of allylic oxidation sites excluding steroid dienone is 4. The zero-order chi connectivity index (χ0) is 18.2. The van der Waals surface area contributed by atoms with Crippen LogP contribution in [0.1, 0.15) is 97.3 Å². The van der Waals surface area contributed by atoms with E-state index >= 15 is 0 Å². The van der Waals surface area contributed by atoms with Crippen molar-refractivity contribution in [3.8, 4) is 0 Å². The average Bonchev–Trinajstić information content (AvgIpc) is 2.69. The van der Waals surface area contributed by atoms with E-state index in [4.69, 9.17) is 4.74 Å². The second-order valence-corrected chi connectivity index (χ2v) is 9.36. The van der Waals surface area contributed by atoms with Crippen LogP contribution in [0, 0.1) is 29.6 Å². The Bertz CT molecular complexity index is 447. The van der Waals surface area contributed by atoms with Gasteiger partial charge in [0.15, 0.2) is 0 Å². The second-order valence-electron chi connectivity index (χ2n) is 9.36. The lowest BCUT2D eigenvalue weighted by Crippen LogP contribution is -2.26. The zero-order valence-corrected chi connectivity index (χ0v) is 17.4. The molecule has 0 N–H and O–H groups in total. The lowest BCUT2D eigenvalue weighted by molar-refractivity contribution is 0.0876. The highest BCUT2D eigenvalue weighted by molar-refractivity contribution is 5.00. The lowest BCUT2D eigenvalue weighted by Gasteiger charge is -2.35. The third kappa shape index (κ3) is 5.89. The van der Waals surface area contributed by atoms with E-state index in [1.807, 2.05) is 0 Å². The Kier molecular flexibility index (Phi) is 8.14. The fourth-order valence-corrected chi connectivity index (χ4v) is 5.57. The molecule has 0 radical (unpaired) electrons. The van der Waals surface area contributed by atoms with Gasteiger partial charge in [-0.15, -0.1) is 0 Å². The number of hydrogen-bond acceptors (Lipinski definition) is 1. The van der Waals surface area contributed by atoms with Gasteiger partial charge in [0, 0.05) is 6.42 Å². The van der Waals surface area contributed by atoms with Crippen molar-refractivity contribution in [2.45, 2.75) is 97.3 Å². The van der Waals surface area contributed by atoms with E-state index in [2.05, 4.69) is 32.1 Å². The smallest absolute Gasteiger partial charge is 0.0920 e. The van der Waals surface area contributed by atoms with Crippen LogP contribution >= 0.6 is 0 Å². The molecule has 148 valence electrons. The minimum absolute atomic E-state index is 0.786. The summed E-state index contributed by atoms with van der Waals surface area (Å²) in [4.78, 5) is 0. The van der Waals surface area contributed by atoms with Gasteiger partial charge < -0.3 is 4.74 Å². The van der Waals surface area contributed by atoms with Crippen LogP contribution in [0.4, 0.5) is 0 Å². The van der Waals surface area contributed by atoms with E-state index in [9.17, 15) is 0 Å². The molecule has 3 aliphatic rings. The first-order valence-corrected chi connectivity index (χ1v) is 11.8. The highest BCUT2D eigenvalue weighted by Gasteiger charge is 2.28. The summed E-state index contributed by atoms with van der Waals surface area (Å²) in [5, 5.41) is 0. The normalized spacial score (nSPS) is 35.9. The molecule has 0 aromatic carbocycles. The summed E-state index contributed by atoms with van der Waals surface area (Å²) in [5.74, 6) is 5.72. The van der Waals surface area contributed by atoms with Crippen molar-refractivity contribution >= 4 is 0 Å². The molecule has 26 heavy (non-hydrogen) atoms. The summed E-state index contributed by atoms with van der Waals surface area (Å²) in [7, 11) is 0. The van der Waals surface area contributed by atoms with Gasteiger partial charge >= 0.3 is 0 Å². The summed E-state index contributed by atoms with van der Waals surface area (Å²) >= 11 is 0. The van der Waals surface area contributed by atoms with Crippen molar-refractivity contribution in [1.29, 1.82) is 0 Å². The molecular formula is C25H42O. The lowest BCUT2D eigenvalue weighted by atomic mass is 9.74. The number of ether oxygens (including phenoxy) is 1. The van der Waals surface area contributed by atoms with E-state index in [-0.39, 0.29) is 0 Å². The van der Waals surface area contributed by atoms with E-state index in [0.29, 0.717) is 0 Å². The summed E-state index contributed by atoms with van der Waals surface area (Å²) in [6.07, 6.45) is 25.5. The molecule has 0 aromatic heterocycles. The van der Waals surface area contributed by atoms with Crippen LogP contribution in [-0.2, 0) is 4.74 Å². The summed E-state index contributed by atoms with van der Waals surface area (Å²) in [5.41, 5.74) is 0. The monoisotopic (exact) mass is 358 g/mol. The first kappa shape index (κ1) is 20.0. The Labute approximate surface area is 162 Å². The van der Waals surface area contributed by atoms with E-state index in [1.165, 1.54) is 82.8 Å². The highest BCUT2D eigenvalue weighted by Crippen LogP contribution is 2.38. The molecule has 2 aliphatic carbocycles. The molecule has 1 aliphatic heterocycles. The molecule has 1 heteroatoms. The van der Waals surface area contributed by atoms with Crippen LogP contribution in [0.15, 0.2) is 24.0 Å². The van der Waals surface area contributed by atoms with Crippen LogP contribution in [-0.4, -0.2) is 6.61 Å². The SMILES string of the molecule is CCCC1=CCC(C2CCC(C=CC3CCC(CCC)CC3)CC2)CO1. The standard InChI is InChI=1S/C25H42O/c1-3-5-20-7-9-21(10-8-20)11-12-22-13-15-23(16-14-22)24-17-18-25(6-4-2)26-19-24/h11-12,18,20-24H,3-10,13-17,19H2,1-2H3. The molecule has 0 spiro atoms. The molecule has 0 bridgehead atoms. The van der Waals surface area contributed by atoms with Gasteiger partial charge in [-0.05, 0) is 99.9 Å². The van der Waals surface area contributed by atoms with Gasteiger partial charge in [0.25, 0.3) is 0 Å². The average molecular weight is 359 g/mol. The van der Waals surface area contributed by atoms with Crippen molar-refractivity contribution in [2.24, 2.45) is 29.6 Å². The predicted octanol–water partition coefficient (Wildman–Crippen LogP) is 7.68. The Hall–Kier alpha value is -0.720. The Morgan fingerprint density at radius 1 is 0.846 bits per heavy atom. The van der Waals surface area contributed by atoms with Crippen LogP contribution < -0.4 is 0 Å². The fraction of sp³-hybridized carbons (Fsp3) is 0.840. The van der Waals surface area contributed by atoms with Crippen molar-refractivity contribution in [3.63, 3.8) is 0 Å². The molecule has 2 fully saturated rings. The predicted molar refractivity (Wildman–Crippen MR) is 112 cm³/mol. The molecular weight excluding hydrogens is 316 g/mol. The molecule has 2 saturated carbocycles. The van der Waals surface area contributed by atoms with Gasteiger partial charge in [0.1, 0.15) is 0 Å². The Balaban J connectivity index is 1.35. The maximum absolute atomic E-state index is 6.01. The topological polar surface area (TPSA) is 9.23 Å². The van der Waals surface area contributed by atoms with Crippen molar-refractivity contribution in [2.75, 3.05) is 6.61 Å². The van der Waals surface area contributed by atoms with Crippen LogP contribution in [0.5, 0.6) is 0 Å². The zero-order valence-electron chi connectivity index (χ0n) is 17.4.